The second kappa shape index (κ2) is 7.91. The van der Waals surface area contributed by atoms with Crippen molar-refractivity contribution in [2.45, 2.75) is 24.3 Å². The summed E-state index contributed by atoms with van der Waals surface area (Å²) in [4.78, 5) is 15.0. The second-order valence-corrected chi connectivity index (χ2v) is 9.11. The minimum absolute atomic E-state index is 0.0667. The molecule has 1 aliphatic rings. The van der Waals surface area contributed by atoms with Gasteiger partial charge in [0.15, 0.2) is 0 Å². The summed E-state index contributed by atoms with van der Waals surface area (Å²) >= 11 is 0. The Bertz CT molecular complexity index is 1160. The van der Waals surface area contributed by atoms with E-state index in [-0.39, 0.29) is 29.1 Å². The van der Waals surface area contributed by atoms with Crippen molar-refractivity contribution in [3.8, 4) is 0 Å². The molecule has 0 aromatic heterocycles. The van der Waals surface area contributed by atoms with Gasteiger partial charge in [-0.05, 0) is 61.4 Å². The van der Waals surface area contributed by atoms with Crippen LogP contribution in [0.4, 0.5) is 15.8 Å². The Morgan fingerprint density at radius 3 is 2.33 bits per heavy atom. The third-order valence-corrected chi connectivity index (χ3v) is 6.99. The summed E-state index contributed by atoms with van der Waals surface area (Å²) in [6.45, 7) is 1.55. The largest absolute Gasteiger partial charge is 0.307 e. The van der Waals surface area contributed by atoms with Gasteiger partial charge in [-0.1, -0.05) is 36.4 Å². The summed E-state index contributed by atoms with van der Waals surface area (Å²) in [5.74, 6) is -0.819. The highest BCUT2D eigenvalue weighted by atomic mass is 32.2. The molecule has 30 heavy (non-hydrogen) atoms. The maximum absolute atomic E-state index is 13.5. The Balaban J connectivity index is 1.72. The minimum atomic E-state index is -4.02. The molecule has 4 rings (SSSR count). The number of sulfonamides is 1. The van der Waals surface area contributed by atoms with E-state index >= 15 is 0 Å². The summed E-state index contributed by atoms with van der Waals surface area (Å²) in [6, 6.07) is 20.5. The van der Waals surface area contributed by atoms with Gasteiger partial charge in [-0.3, -0.25) is 9.10 Å². The van der Waals surface area contributed by atoms with Crippen molar-refractivity contribution in [1.29, 1.82) is 0 Å². The van der Waals surface area contributed by atoms with E-state index in [1.54, 1.807) is 23.1 Å². The number of carbonyl (C=O) groups is 1. The van der Waals surface area contributed by atoms with Gasteiger partial charge in [-0.15, -0.1) is 0 Å². The lowest BCUT2D eigenvalue weighted by atomic mass is 10.1. The van der Waals surface area contributed by atoms with Crippen molar-refractivity contribution >= 4 is 27.3 Å². The molecule has 0 radical (unpaired) electrons. The molecular weight excluding hydrogens is 403 g/mol. The number of nitrogens with zero attached hydrogens (tertiary/aromatic N) is 2. The number of amides is 1. The average molecular weight is 424 g/mol. The third kappa shape index (κ3) is 3.68. The van der Waals surface area contributed by atoms with Crippen LogP contribution in [0.2, 0.25) is 0 Å². The van der Waals surface area contributed by atoms with E-state index in [0.717, 1.165) is 15.6 Å². The summed E-state index contributed by atoms with van der Waals surface area (Å²) in [5, 5.41) is 0. The highest BCUT2D eigenvalue weighted by Crippen LogP contribution is 2.33. The summed E-state index contributed by atoms with van der Waals surface area (Å²) in [5.41, 5.74) is 2.08. The standard InChI is InChI=1S/C23H21FN2O3S/c1-17-15-18-7-5-6-10-22(18)26(17)23(27)16-25(20-13-11-19(24)12-14-20)30(28,29)21-8-3-2-4-9-21/h2-14,17H,15-16H2,1H3. The van der Waals surface area contributed by atoms with Crippen LogP contribution in [0.15, 0.2) is 83.8 Å². The molecule has 0 saturated heterocycles. The van der Waals surface area contributed by atoms with E-state index < -0.39 is 15.8 Å². The average Bonchev–Trinajstić information content (AvgIpc) is 3.09. The summed E-state index contributed by atoms with van der Waals surface area (Å²) in [7, 11) is -4.02. The molecule has 1 atom stereocenters. The maximum atomic E-state index is 13.5. The number of benzene rings is 3. The zero-order valence-corrected chi connectivity index (χ0v) is 17.2. The summed E-state index contributed by atoms with van der Waals surface area (Å²) < 4.78 is 41.2. The van der Waals surface area contributed by atoms with Crippen LogP contribution >= 0.6 is 0 Å². The fourth-order valence-electron chi connectivity index (χ4n) is 3.79. The Labute approximate surface area is 175 Å². The molecule has 0 aliphatic carbocycles. The molecule has 5 nitrogen and oxygen atoms in total. The number of anilines is 2. The number of hydrogen-bond donors (Lipinski definition) is 0. The quantitative estimate of drug-likeness (QED) is 0.622. The van der Waals surface area contributed by atoms with Crippen LogP contribution in [0.1, 0.15) is 12.5 Å². The van der Waals surface area contributed by atoms with Crippen LogP contribution in [-0.4, -0.2) is 26.9 Å². The molecule has 1 amide bonds. The predicted molar refractivity (Wildman–Crippen MR) is 114 cm³/mol. The van der Waals surface area contributed by atoms with Crippen LogP contribution in [0, 0.1) is 5.82 Å². The van der Waals surface area contributed by atoms with Gasteiger partial charge in [-0.2, -0.15) is 0 Å². The number of carbonyl (C=O) groups excluding carboxylic acids is 1. The van der Waals surface area contributed by atoms with E-state index in [9.17, 15) is 17.6 Å². The summed E-state index contributed by atoms with van der Waals surface area (Å²) in [6.07, 6.45) is 0.712. The Hall–Kier alpha value is -3.19. The Morgan fingerprint density at radius 1 is 1.00 bits per heavy atom. The number of para-hydroxylation sites is 1. The van der Waals surface area contributed by atoms with Gasteiger partial charge in [0, 0.05) is 11.7 Å². The zero-order valence-electron chi connectivity index (χ0n) is 16.4. The van der Waals surface area contributed by atoms with Crippen molar-refractivity contribution in [3.05, 3.63) is 90.2 Å². The first-order valence-corrected chi connectivity index (χ1v) is 11.1. The molecule has 1 heterocycles. The third-order valence-electron chi connectivity index (χ3n) is 5.20. The van der Waals surface area contributed by atoms with E-state index in [2.05, 4.69) is 0 Å². The highest BCUT2D eigenvalue weighted by molar-refractivity contribution is 7.92. The molecular formula is C23H21FN2O3S. The number of fused-ring (bicyclic) bond motifs is 1. The van der Waals surface area contributed by atoms with Crippen LogP contribution in [0.5, 0.6) is 0 Å². The SMILES string of the molecule is CC1Cc2ccccc2N1C(=O)CN(c1ccc(F)cc1)S(=O)(=O)c1ccccc1. The molecule has 0 N–H and O–H groups in total. The maximum Gasteiger partial charge on any atom is 0.264 e. The Kier molecular flexibility index (Phi) is 5.30. The number of hydrogen-bond acceptors (Lipinski definition) is 3. The molecule has 0 fully saturated rings. The monoisotopic (exact) mass is 424 g/mol. The van der Waals surface area contributed by atoms with Crippen LogP contribution in [0.25, 0.3) is 0 Å². The fraction of sp³-hybridized carbons (Fsp3) is 0.174. The normalized spacial score (nSPS) is 15.7. The first-order valence-electron chi connectivity index (χ1n) is 9.61. The van der Waals surface area contributed by atoms with Gasteiger partial charge in [0.25, 0.3) is 10.0 Å². The van der Waals surface area contributed by atoms with Gasteiger partial charge >= 0.3 is 0 Å². The molecule has 0 spiro atoms. The first kappa shape index (κ1) is 20.1. The van der Waals surface area contributed by atoms with E-state index in [4.69, 9.17) is 0 Å². The minimum Gasteiger partial charge on any atom is -0.307 e. The van der Waals surface area contributed by atoms with Gasteiger partial charge in [0.2, 0.25) is 5.91 Å². The molecule has 3 aromatic carbocycles. The Morgan fingerprint density at radius 2 is 1.63 bits per heavy atom. The lowest BCUT2D eigenvalue weighted by Gasteiger charge is -2.29. The van der Waals surface area contributed by atoms with Crippen LogP contribution in [0.3, 0.4) is 0 Å². The van der Waals surface area contributed by atoms with E-state index in [0.29, 0.717) is 6.42 Å². The molecule has 1 aliphatic heterocycles. The van der Waals surface area contributed by atoms with Crippen molar-refractivity contribution in [3.63, 3.8) is 0 Å². The molecule has 0 bridgehead atoms. The zero-order chi connectivity index (χ0) is 21.3. The first-order chi connectivity index (χ1) is 14.4. The number of halogens is 1. The highest BCUT2D eigenvalue weighted by Gasteiger charge is 2.34. The second-order valence-electron chi connectivity index (χ2n) is 7.25. The van der Waals surface area contributed by atoms with Crippen LogP contribution < -0.4 is 9.21 Å². The van der Waals surface area contributed by atoms with Gasteiger partial charge in [0.05, 0.1) is 10.6 Å². The molecule has 154 valence electrons. The van der Waals surface area contributed by atoms with Gasteiger partial charge in [0.1, 0.15) is 12.4 Å². The van der Waals surface area contributed by atoms with Gasteiger partial charge < -0.3 is 4.90 Å². The molecule has 7 heteroatoms. The van der Waals surface area contributed by atoms with E-state index in [1.807, 2.05) is 31.2 Å². The van der Waals surface area contributed by atoms with Gasteiger partial charge in [-0.25, -0.2) is 12.8 Å². The van der Waals surface area contributed by atoms with Crippen molar-refractivity contribution in [1.82, 2.24) is 0 Å². The lowest BCUT2D eigenvalue weighted by Crippen LogP contribution is -2.45. The topological polar surface area (TPSA) is 57.7 Å². The smallest absolute Gasteiger partial charge is 0.264 e. The molecule has 3 aromatic rings. The van der Waals surface area contributed by atoms with E-state index in [1.165, 1.54) is 36.4 Å². The van der Waals surface area contributed by atoms with Crippen molar-refractivity contribution in [2.24, 2.45) is 0 Å². The fourth-order valence-corrected chi connectivity index (χ4v) is 5.22. The van der Waals surface area contributed by atoms with Crippen LogP contribution in [-0.2, 0) is 21.2 Å². The predicted octanol–water partition coefficient (Wildman–Crippen LogP) is 4.00. The van der Waals surface area contributed by atoms with Crippen molar-refractivity contribution < 1.29 is 17.6 Å². The van der Waals surface area contributed by atoms with Crippen molar-refractivity contribution in [2.75, 3.05) is 15.7 Å². The molecule has 0 saturated carbocycles. The molecule has 1 unspecified atom stereocenters. The number of rotatable bonds is 5. The lowest BCUT2D eigenvalue weighted by molar-refractivity contribution is -0.117.